The van der Waals surface area contributed by atoms with E-state index >= 15 is 0 Å². The number of hydrogen-bond acceptors (Lipinski definition) is 4. The molecular formula is C18H29N3O3. The normalized spacial score (nSPS) is 18.8. The van der Waals surface area contributed by atoms with E-state index in [-0.39, 0.29) is 11.8 Å². The van der Waals surface area contributed by atoms with E-state index in [0.717, 1.165) is 18.7 Å². The highest BCUT2D eigenvalue weighted by Gasteiger charge is 2.21. The smallest absolute Gasteiger partial charge is 0.287 e. The van der Waals surface area contributed by atoms with Gasteiger partial charge in [0.25, 0.3) is 5.91 Å². The minimum Gasteiger partial charge on any atom is -0.459 e. The van der Waals surface area contributed by atoms with Crippen LogP contribution >= 0.6 is 0 Å². The number of hydrogen-bond donors (Lipinski definition) is 3. The predicted molar refractivity (Wildman–Crippen MR) is 92.8 cm³/mol. The molecule has 0 bridgehead atoms. The van der Waals surface area contributed by atoms with Gasteiger partial charge in [0.2, 0.25) is 5.91 Å². The van der Waals surface area contributed by atoms with Gasteiger partial charge in [-0.2, -0.15) is 0 Å². The number of piperidine rings is 1. The van der Waals surface area contributed by atoms with Crippen molar-refractivity contribution in [3.8, 4) is 0 Å². The van der Waals surface area contributed by atoms with Crippen molar-refractivity contribution in [2.45, 2.75) is 39.5 Å². The van der Waals surface area contributed by atoms with Crippen LogP contribution in [0.5, 0.6) is 0 Å². The summed E-state index contributed by atoms with van der Waals surface area (Å²) in [6.07, 6.45) is 5.19. The molecule has 2 heterocycles. The molecule has 1 aliphatic heterocycles. The molecule has 2 unspecified atom stereocenters. The highest BCUT2D eigenvalue weighted by molar-refractivity contribution is 5.92. The fraction of sp³-hybridized carbons (Fsp3) is 0.667. The van der Waals surface area contributed by atoms with Gasteiger partial charge in [0.05, 0.1) is 6.26 Å². The molecule has 6 heteroatoms. The zero-order valence-electron chi connectivity index (χ0n) is 14.7. The largest absolute Gasteiger partial charge is 0.459 e. The lowest BCUT2D eigenvalue weighted by molar-refractivity contribution is -0.122. The highest BCUT2D eigenvalue weighted by Crippen LogP contribution is 2.22. The van der Waals surface area contributed by atoms with Crippen molar-refractivity contribution in [1.29, 1.82) is 0 Å². The number of amides is 2. The Morgan fingerprint density at radius 2 is 2.17 bits per heavy atom. The Hall–Kier alpha value is -1.82. The van der Waals surface area contributed by atoms with Crippen LogP contribution in [0.25, 0.3) is 0 Å². The summed E-state index contributed by atoms with van der Waals surface area (Å²) in [4.78, 5) is 23.8. The molecule has 0 spiro atoms. The summed E-state index contributed by atoms with van der Waals surface area (Å²) in [6, 6.07) is 1.76. The van der Waals surface area contributed by atoms with E-state index in [1.807, 2.05) is 6.92 Å². The Morgan fingerprint density at radius 3 is 2.83 bits per heavy atom. The molecule has 134 valence electrons. The standard InChI is InChI=1S/C18H29N3O3/c1-13-6-10-24-17(13)18(23)21-9-4-8-20-16(22)11-14(2)15-5-3-7-19-12-15/h6,10,14-15,19H,3-5,7-9,11-12H2,1-2H3,(H,20,22)(H,21,23). The maximum absolute atomic E-state index is 12.0. The zero-order chi connectivity index (χ0) is 17.4. The van der Waals surface area contributed by atoms with Crippen LogP contribution in [0.3, 0.4) is 0 Å². The van der Waals surface area contributed by atoms with Gasteiger partial charge in [-0.1, -0.05) is 6.92 Å². The minimum absolute atomic E-state index is 0.0984. The zero-order valence-corrected chi connectivity index (χ0v) is 14.7. The molecule has 0 aromatic carbocycles. The summed E-state index contributed by atoms with van der Waals surface area (Å²) in [5.74, 6) is 1.25. The molecule has 2 rings (SSSR count). The van der Waals surface area contributed by atoms with Gasteiger partial charge in [0, 0.05) is 25.1 Å². The summed E-state index contributed by atoms with van der Waals surface area (Å²) >= 11 is 0. The second kappa shape index (κ2) is 9.47. The van der Waals surface area contributed by atoms with Gasteiger partial charge < -0.3 is 20.4 Å². The van der Waals surface area contributed by atoms with Crippen LogP contribution in [0, 0.1) is 18.8 Å². The average molecular weight is 335 g/mol. The Morgan fingerprint density at radius 1 is 1.38 bits per heavy atom. The minimum atomic E-state index is -0.206. The lowest BCUT2D eigenvalue weighted by Gasteiger charge is -2.28. The van der Waals surface area contributed by atoms with E-state index in [9.17, 15) is 9.59 Å². The van der Waals surface area contributed by atoms with Gasteiger partial charge in [-0.25, -0.2) is 0 Å². The van der Waals surface area contributed by atoms with Crippen LogP contribution in [0.4, 0.5) is 0 Å². The molecule has 1 fully saturated rings. The molecule has 1 aliphatic rings. The second-order valence-electron chi connectivity index (χ2n) is 6.68. The molecule has 0 aliphatic carbocycles. The van der Waals surface area contributed by atoms with Crippen molar-refractivity contribution >= 4 is 11.8 Å². The quantitative estimate of drug-likeness (QED) is 0.633. The molecule has 1 saturated heterocycles. The number of rotatable bonds is 8. The number of nitrogens with one attached hydrogen (secondary N) is 3. The fourth-order valence-electron chi connectivity index (χ4n) is 3.10. The second-order valence-corrected chi connectivity index (χ2v) is 6.68. The van der Waals surface area contributed by atoms with Gasteiger partial charge in [0.1, 0.15) is 0 Å². The van der Waals surface area contributed by atoms with E-state index in [0.29, 0.717) is 43.5 Å². The third-order valence-electron chi connectivity index (χ3n) is 4.68. The van der Waals surface area contributed by atoms with Crippen molar-refractivity contribution in [1.82, 2.24) is 16.0 Å². The first-order chi connectivity index (χ1) is 11.6. The molecule has 3 N–H and O–H groups in total. The van der Waals surface area contributed by atoms with Crippen LogP contribution in [0.2, 0.25) is 0 Å². The average Bonchev–Trinajstić information content (AvgIpc) is 3.01. The van der Waals surface area contributed by atoms with Gasteiger partial charge in [-0.3, -0.25) is 9.59 Å². The molecule has 0 radical (unpaired) electrons. The van der Waals surface area contributed by atoms with Crippen molar-refractivity contribution in [3.63, 3.8) is 0 Å². The molecule has 2 atom stereocenters. The van der Waals surface area contributed by atoms with Gasteiger partial charge in [-0.05, 0) is 57.2 Å². The lowest BCUT2D eigenvalue weighted by atomic mass is 9.85. The first kappa shape index (κ1) is 18.5. The van der Waals surface area contributed by atoms with Crippen LogP contribution < -0.4 is 16.0 Å². The van der Waals surface area contributed by atoms with E-state index < -0.39 is 0 Å². The van der Waals surface area contributed by atoms with E-state index in [2.05, 4.69) is 22.9 Å². The molecular weight excluding hydrogens is 306 g/mol. The number of furan rings is 1. The van der Waals surface area contributed by atoms with Crippen LogP contribution in [0.1, 0.15) is 48.7 Å². The number of carbonyl (C=O) groups is 2. The van der Waals surface area contributed by atoms with Gasteiger partial charge in [-0.15, -0.1) is 0 Å². The summed E-state index contributed by atoms with van der Waals surface area (Å²) in [6.45, 7) is 7.20. The molecule has 1 aromatic rings. The van der Waals surface area contributed by atoms with E-state index in [1.54, 1.807) is 6.07 Å². The number of carbonyl (C=O) groups excluding carboxylic acids is 2. The van der Waals surface area contributed by atoms with Crippen LogP contribution in [0.15, 0.2) is 16.7 Å². The number of aryl methyl sites for hydroxylation is 1. The van der Waals surface area contributed by atoms with Gasteiger partial charge >= 0.3 is 0 Å². The Labute approximate surface area is 143 Å². The van der Waals surface area contributed by atoms with Crippen molar-refractivity contribution in [2.24, 2.45) is 11.8 Å². The Balaban J connectivity index is 1.56. The lowest BCUT2D eigenvalue weighted by Crippen LogP contribution is -2.36. The van der Waals surface area contributed by atoms with Crippen LogP contribution in [-0.2, 0) is 4.79 Å². The Kier molecular flexibility index (Phi) is 7.31. The van der Waals surface area contributed by atoms with E-state index in [4.69, 9.17) is 4.42 Å². The fourth-order valence-corrected chi connectivity index (χ4v) is 3.10. The maximum Gasteiger partial charge on any atom is 0.287 e. The summed E-state index contributed by atoms with van der Waals surface area (Å²) in [7, 11) is 0. The Bertz CT molecular complexity index is 535. The molecule has 2 amide bonds. The van der Waals surface area contributed by atoms with E-state index in [1.165, 1.54) is 19.1 Å². The van der Waals surface area contributed by atoms with Crippen molar-refractivity contribution in [3.05, 3.63) is 23.7 Å². The topological polar surface area (TPSA) is 83.4 Å². The van der Waals surface area contributed by atoms with Crippen molar-refractivity contribution < 1.29 is 14.0 Å². The first-order valence-electron chi connectivity index (χ1n) is 8.87. The maximum atomic E-state index is 12.0. The third kappa shape index (κ3) is 5.67. The predicted octanol–water partition coefficient (Wildman–Crippen LogP) is 1.85. The molecule has 1 aromatic heterocycles. The SMILES string of the molecule is Cc1ccoc1C(=O)NCCCNC(=O)CC(C)C1CCCNC1. The molecule has 6 nitrogen and oxygen atoms in total. The highest BCUT2D eigenvalue weighted by atomic mass is 16.3. The summed E-state index contributed by atoms with van der Waals surface area (Å²) in [5, 5.41) is 9.13. The summed E-state index contributed by atoms with van der Waals surface area (Å²) in [5.41, 5.74) is 0.826. The molecule has 24 heavy (non-hydrogen) atoms. The summed E-state index contributed by atoms with van der Waals surface area (Å²) < 4.78 is 5.14. The first-order valence-corrected chi connectivity index (χ1v) is 8.87. The van der Waals surface area contributed by atoms with Gasteiger partial charge in [0.15, 0.2) is 5.76 Å². The monoisotopic (exact) mass is 335 g/mol. The van der Waals surface area contributed by atoms with Crippen LogP contribution in [-0.4, -0.2) is 38.0 Å². The molecule has 0 saturated carbocycles. The van der Waals surface area contributed by atoms with Crippen molar-refractivity contribution in [2.75, 3.05) is 26.2 Å². The third-order valence-corrected chi connectivity index (χ3v) is 4.68.